The van der Waals surface area contributed by atoms with Gasteiger partial charge < -0.3 is 14.9 Å². The molecule has 134 valence electrons. The van der Waals surface area contributed by atoms with Gasteiger partial charge >= 0.3 is 5.97 Å². The van der Waals surface area contributed by atoms with E-state index >= 15 is 0 Å². The fourth-order valence-corrected chi connectivity index (χ4v) is 3.59. The summed E-state index contributed by atoms with van der Waals surface area (Å²) in [5.74, 6) is -2.72. The zero-order valence-corrected chi connectivity index (χ0v) is 14.3. The van der Waals surface area contributed by atoms with Crippen LogP contribution in [0.2, 0.25) is 0 Å². The van der Waals surface area contributed by atoms with Crippen LogP contribution in [-0.4, -0.2) is 33.0 Å². The maximum atomic E-state index is 13.3. The minimum Gasteiger partial charge on any atom is -0.463 e. The molecule has 3 atom stereocenters. The molecule has 3 N–H and O–H groups in total. The monoisotopic (exact) mass is 348 g/mol. The van der Waals surface area contributed by atoms with Gasteiger partial charge in [-0.1, -0.05) is 12.1 Å². The van der Waals surface area contributed by atoms with Gasteiger partial charge in [-0.15, -0.1) is 0 Å². The van der Waals surface area contributed by atoms with Crippen molar-refractivity contribution in [3.8, 4) is 0 Å². The molecule has 0 fully saturated rings. The number of carbonyl (C=O) groups excluding carboxylic acids is 1. The third-order valence-corrected chi connectivity index (χ3v) is 4.58. The van der Waals surface area contributed by atoms with Crippen LogP contribution in [0.1, 0.15) is 43.5 Å². The Morgan fingerprint density at radius 3 is 2.56 bits per heavy atom. The molecular weight excluding hydrogens is 327 g/mol. The lowest BCUT2D eigenvalue weighted by molar-refractivity contribution is -0.163. The number of fused-ring (bicyclic) bond motifs is 1. The lowest BCUT2D eigenvalue weighted by atomic mass is 9.66. The number of nitrogens with one attached hydrogen (secondary N) is 2. The summed E-state index contributed by atoms with van der Waals surface area (Å²) in [6.45, 7) is 4.98. The first-order valence-electron chi connectivity index (χ1n) is 8.18. The first-order chi connectivity index (χ1) is 11.7. The third kappa shape index (κ3) is 3.11. The number of aromatic nitrogens is 2. The molecule has 2 aromatic rings. The summed E-state index contributed by atoms with van der Waals surface area (Å²) >= 11 is 0. The molecule has 0 saturated heterocycles. The van der Waals surface area contributed by atoms with Gasteiger partial charge in [0.1, 0.15) is 5.82 Å². The zero-order valence-electron chi connectivity index (χ0n) is 14.3. The highest BCUT2D eigenvalue weighted by Crippen LogP contribution is 2.44. The minimum atomic E-state index is -1.43. The lowest BCUT2D eigenvalue weighted by Crippen LogP contribution is -2.50. The quantitative estimate of drug-likeness (QED) is 0.738. The number of aliphatic hydroxyl groups is 1. The van der Waals surface area contributed by atoms with Crippen molar-refractivity contribution in [2.45, 2.75) is 44.8 Å². The van der Waals surface area contributed by atoms with Gasteiger partial charge in [-0.3, -0.25) is 14.7 Å². The second-order valence-corrected chi connectivity index (χ2v) is 7.00. The molecule has 1 aliphatic carbocycles. The van der Waals surface area contributed by atoms with E-state index in [2.05, 4.69) is 10.2 Å². The Hall–Kier alpha value is -2.41. The van der Waals surface area contributed by atoms with Crippen LogP contribution in [0.4, 0.5) is 4.39 Å². The molecule has 1 aliphatic rings. The molecule has 1 aromatic heterocycles. The maximum absolute atomic E-state index is 13.3. The molecule has 0 saturated carbocycles. The van der Waals surface area contributed by atoms with E-state index in [9.17, 15) is 19.1 Å². The number of hydrogen-bond donors (Lipinski definition) is 3. The van der Waals surface area contributed by atoms with E-state index in [4.69, 9.17) is 4.74 Å². The number of benzene rings is 1. The van der Waals surface area contributed by atoms with Crippen LogP contribution in [0.15, 0.2) is 29.1 Å². The van der Waals surface area contributed by atoms with Gasteiger partial charge in [-0.2, -0.15) is 0 Å². The second kappa shape index (κ2) is 6.15. The highest BCUT2D eigenvalue weighted by molar-refractivity contribution is 5.77. The Labute approximate surface area is 144 Å². The van der Waals surface area contributed by atoms with E-state index in [0.717, 1.165) is 0 Å². The van der Waals surface area contributed by atoms with Crippen molar-refractivity contribution in [1.82, 2.24) is 10.2 Å². The van der Waals surface area contributed by atoms with Gasteiger partial charge in [0.2, 0.25) is 0 Å². The number of ether oxygens (including phenoxy) is 1. The SMILES string of the molecule is CC(C)OC(=O)C1C(c2ccc(F)cc2)c2c([nH][nH]c2=O)CC1(C)O. The van der Waals surface area contributed by atoms with Crippen molar-refractivity contribution in [1.29, 1.82) is 0 Å². The number of H-pyrrole nitrogens is 2. The number of halogens is 1. The van der Waals surface area contributed by atoms with Gasteiger partial charge in [-0.05, 0) is 38.5 Å². The molecule has 3 rings (SSSR count). The largest absolute Gasteiger partial charge is 0.463 e. The number of aromatic amines is 2. The molecule has 0 spiro atoms. The summed E-state index contributed by atoms with van der Waals surface area (Å²) in [6.07, 6.45) is -0.250. The Balaban J connectivity index is 2.18. The van der Waals surface area contributed by atoms with Crippen molar-refractivity contribution >= 4 is 5.97 Å². The Morgan fingerprint density at radius 1 is 1.32 bits per heavy atom. The van der Waals surface area contributed by atoms with Crippen LogP contribution in [0.5, 0.6) is 0 Å². The molecule has 3 unspecified atom stereocenters. The number of hydrogen-bond acceptors (Lipinski definition) is 4. The van der Waals surface area contributed by atoms with E-state index in [-0.39, 0.29) is 18.1 Å². The summed E-state index contributed by atoms with van der Waals surface area (Å²) in [7, 11) is 0. The number of esters is 1. The van der Waals surface area contributed by atoms with Crippen LogP contribution in [-0.2, 0) is 16.0 Å². The van der Waals surface area contributed by atoms with Crippen molar-refractivity contribution in [3.63, 3.8) is 0 Å². The predicted octanol–water partition coefficient (Wildman–Crippen LogP) is 1.85. The smallest absolute Gasteiger partial charge is 0.313 e. The lowest BCUT2D eigenvalue weighted by Gasteiger charge is -2.40. The van der Waals surface area contributed by atoms with Crippen LogP contribution in [0.3, 0.4) is 0 Å². The number of rotatable bonds is 3. The highest BCUT2D eigenvalue weighted by Gasteiger charge is 2.51. The highest BCUT2D eigenvalue weighted by atomic mass is 19.1. The average Bonchev–Trinajstić information content (AvgIpc) is 2.85. The van der Waals surface area contributed by atoms with Gasteiger partial charge in [-0.25, -0.2) is 4.39 Å². The molecule has 7 heteroatoms. The Bertz CT molecular complexity index is 836. The van der Waals surface area contributed by atoms with E-state index in [0.29, 0.717) is 16.8 Å². The first kappa shape index (κ1) is 17.4. The summed E-state index contributed by atoms with van der Waals surface area (Å²) in [4.78, 5) is 25.1. The average molecular weight is 348 g/mol. The first-order valence-corrected chi connectivity index (χ1v) is 8.18. The summed E-state index contributed by atoms with van der Waals surface area (Å²) in [5.41, 5.74) is -0.300. The molecule has 1 aromatic carbocycles. The molecule has 0 amide bonds. The summed E-state index contributed by atoms with van der Waals surface area (Å²) in [5, 5.41) is 16.2. The van der Waals surface area contributed by atoms with Gasteiger partial charge in [0.05, 0.1) is 17.6 Å². The van der Waals surface area contributed by atoms with Crippen molar-refractivity contribution in [2.75, 3.05) is 0 Å². The van der Waals surface area contributed by atoms with Gasteiger partial charge in [0.25, 0.3) is 5.56 Å². The van der Waals surface area contributed by atoms with Gasteiger partial charge in [0.15, 0.2) is 0 Å². The molecule has 25 heavy (non-hydrogen) atoms. The Morgan fingerprint density at radius 2 is 1.96 bits per heavy atom. The van der Waals surface area contributed by atoms with E-state index in [1.807, 2.05) is 0 Å². The standard InChI is InChI=1S/C18H21FN2O4/c1-9(2)25-17(23)15-13(10-4-6-11(19)7-5-10)14-12(8-18(15,3)24)20-21-16(14)22/h4-7,9,13,15,24H,8H2,1-3H3,(H2,20,21,22). The van der Waals surface area contributed by atoms with Crippen LogP contribution in [0, 0.1) is 11.7 Å². The molecule has 0 bridgehead atoms. The minimum absolute atomic E-state index is 0.108. The number of carbonyl (C=O) groups is 1. The van der Waals surface area contributed by atoms with Crippen molar-refractivity contribution < 1.29 is 19.0 Å². The van der Waals surface area contributed by atoms with Crippen LogP contribution in [0.25, 0.3) is 0 Å². The summed E-state index contributed by atoms with van der Waals surface area (Å²) < 4.78 is 18.7. The fourth-order valence-electron chi connectivity index (χ4n) is 3.59. The van der Waals surface area contributed by atoms with Gasteiger partial charge in [0, 0.05) is 23.6 Å². The van der Waals surface area contributed by atoms with Crippen molar-refractivity contribution in [2.24, 2.45) is 5.92 Å². The molecule has 1 heterocycles. The van der Waals surface area contributed by atoms with Crippen LogP contribution >= 0.6 is 0 Å². The third-order valence-electron chi connectivity index (χ3n) is 4.58. The molecule has 0 radical (unpaired) electrons. The van der Waals surface area contributed by atoms with E-state index in [1.165, 1.54) is 24.3 Å². The van der Waals surface area contributed by atoms with E-state index < -0.39 is 29.2 Å². The summed E-state index contributed by atoms with van der Waals surface area (Å²) in [6, 6.07) is 5.58. The normalized spacial score (nSPS) is 25.7. The topological polar surface area (TPSA) is 95.2 Å². The van der Waals surface area contributed by atoms with Crippen molar-refractivity contribution in [3.05, 3.63) is 57.3 Å². The fraction of sp³-hybridized carbons (Fsp3) is 0.444. The molecule has 6 nitrogen and oxygen atoms in total. The molecular formula is C18H21FN2O4. The second-order valence-electron chi connectivity index (χ2n) is 7.00. The predicted molar refractivity (Wildman–Crippen MR) is 88.7 cm³/mol. The van der Waals surface area contributed by atoms with E-state index in [1.54, 1.807) is 20.8 Å². The maximum Gasteiger partial charge on any atom is 0.313 e. The van der Waals surface area contributed by atoms with Crippen LogP contribution < -0.4 is 5.56 Å². The molecule has 0 aliphatic heterocycles. The Kier molecular flexibility index (Phi) is 4.28. The zero-order chi connectivity index (χ0) is 18.4.